The van der Waals surface area contributed by atoms with Gasteiger partial charge in [0.05, 0.1) is 5.04 Å². The summed E-state index contributed by atoms with van der Waals surface area (Å²) in [7, 11) is 0. The lowest BCUT2D eigenvalue weighted by Gasteiger charge is -2.18. The van der Waals surface area contributed by atoms with Crippen LogP contribution in [-0.2, 0) is 5.75 Å². The zero-order chi connectivity index (χ0) is 13.3. The average molecular weight is 298 g/mol. The molecule has 1 heterocycles. The lowest BCUT2D eigenvalue weighted by atomic mass is 9.90. The van der Waals surface area contributed by atoms with Crippen molar-refractivity contribution < 1.29 is 0 Å². The molecule has 106 valence electrons. The molecule has 1 aromatic carbocycles. The minimum Gasteiger partial charge on any atom is -0.283 e. The third kappa shape index (κ3) is 3.35. The van der Waals surface area contributed by atoms with Gasteiger partial charge in [-0.25, -0.2) is 0 Å². The van der Waals surface area contributed by atoms with E-state index in [0.29, 0.717) is 0 Å². The first kappa shape index (κ1) is 16.6. The van der Waals surface area contributed by atoms with Gasteiger partial charge in [0.25, 0.3) is 0 Å². The summed E-state index contributed by atoms with van der Waals surface area (Å²) in [5, 5.41) is 1.35. The molecular formula is C16H24ClNS. The number of hydrogen-bond donors (Lipinski definition) is 0. The molecule has 0 fully saturated rings. The van der Waals surface area contributed by atoms with Gasteiger partial charge in [0, 0.05) is 12.3 Å². The van der Waals surface area contributed by atoms with Gasteiger partial charge in [-0.3, -0.25) is 4.99 Å². The van der Waals surface area contributed by atoms with E-state index in [-0.39, 0.29) is 12.4 Å². The van der Waals surface area contributed by atoms with Crippen LogP contribution >= 0.6 is 24.2 Å². The van der Waals surface area contributed by atoms with Crippen LogP contribution in [-0.4, -0.2) is 11.6 Å². The van der Waals surface area contributed by atoms with Gasteiger partial charge in [0.15, 0.2) is 0 Å². The Balaban J connectivity index is 0.00000180. The van der Waals surface area contributed by atoms with Crippen LogP contribution in [0.4, 0.5) is 0 Å². The van der Waals surface area contributed by atoms with Crippen molar-refractivity contribution in [3.05, 3.63) is 33.4 Å². The highest BCUT2D eigenvalue weighted by atomic mass is 35.5. The normalized spacial score (nSPS) is 14.3. The molecule has 0 aromatic heterocycles. The van der Waals surface area contributed by atoms with E-state index in [2.05, 4.69) is 39.6 Å². The summed E-state index contributed by atoms with van der Waals surface area (Å²) in [6.45, 7) is 12.3. The molecule has 1 nitrogen and oxygen atoms in total. The van der Waals surface area contributed by atoms with Crippen molar-refractivity contribution >= 4 is 29.2 Å². The van der Waals surface area contributed by atoms with Gasteiger partial charge in [-0.05, 0) is 80.8 Å². The van der Waals surface area contributed by atoms with E-state index in [0.717, 1.165) is 12.3 Å². The predicted octanol–water partition coefficient (Wildman–Crippen LogP) is 5.08. The highest BCUT2D eigenvalue weighted by Crippen LogP contribution is 2.30. The Bertz CT molecular complexity index is 477. The van der Waals surface area contributed by atoms with E-state index >= 15 is 0 Å². The second kappa shape index (κ2) is 6.81. The van der Waals surface area contributed by atoms with E-state index < -0.39 is 0 Å². The summed E-state index contributed by atoms with van der Waals surface area (Å²) in [5.41, 5.74) is 8.85. The fraction of sp³-hybridized carbons (Fsp3) is 0.562. The van der Waals surface area contributed by atoms with Crippen molar-refractivity contribution in [2.24, 2.45) is 4.99 Å². The number of nitrogens with zero attached hydrogens (tertiary/aromatic N) is 1. The molecule has 0 amide bonds. The third-order valence-corrected chi connectivity index (χ3v) is 5.47. The van der Waals surface area contributed by atoms with Crippen molar-refractivity contribution in [1.29, 1.82) is 0 Å². The fourth-order valence-corrected chi connectivity index (χ4v) is 3.80. The Kier molecular flexibility index (Phi) is 5.94. The van der Waals surface area contributed by atoms with Crippen LogP contribution in [0.15, 0.2) is 4.99 Å². The minimum atomic E-state index is 0. The smallest absolute Gasteiger partial charge is 0.0679 e. The van der Waals surface area contributed by atoms with E-state index in [9.17, 15) is 0 Å². The number of halogens is 1. The first-order valence-electron chi connectivity index (χ1n) is 6.74. The lowest BCUT2D eigenvalue weighted by molar-refractivity contribution is 0.952. The van der Waals surface area contributed by atoms with Crippen LogP contribution in [0.5, 0.6) is 0 Å². The van der Waals surface area contributed by atoms with Gasteiger partial charge < -0.3 is 0 Å². The Hall–Kier alpha value is -0.470. The highest BCUT2D eigenvalue weighted by Gasteiger charge is 2.14. The van der Waals surface area contributed by atoms with Crippen LogP contribution in [0.3, 0.4) is 0 Å². The molecule has 1 aliphatic heterocycles. The average Bonchev–Trinajstić information content (AvgIpc) is 2.87. The molecule has 0 spiro atoms. The molecule has 0 aliphatic carbocycles. The van der Waals surface area contributed by atoms with Crippen LogP contribution < -0.4 is 0 Å². The molecule has 0 N–H and O–H groups in total. The summed E-state index contributed by atoms with van der Waals surface area (Å²) >= 11 is 1.94. The topological polar surface area (TPSA) is 12.4 Å². The van der Waals surface area contributed by atoms with Crippen molar-refractivity contribution in [2.75, 3.05) is 6.54 Å². The Morgan fingerprint density at radius 1 is 0.895 bits per heavy atom. The zero-order valence-corrected chi connectivity index (χ0v) is 14.2. The van der Waals surface area contributed by atoms with E-state index in [1.165, 1.54) is 51.3 Å². The van der Waals surface area contributed by atoms with Gasteiger partial charge in [0.2, 0.25) is 0 Å². The maximum absolute atomic E-state index is 4.55. The monoisotopic (exact) mass is 297 g/mol. The lowest BCUT2D eigenvalue weighted by Crippen LogP contribution is -2.02. The molecule has 19 heavy (non-hydrogen) atoms. The van der Waals surface area contributed by atoms with Gasteiger partial charge in [-0.2, -0.15) is 0 Å². The van der Waals surface area contributed by atoms with Gasteiger partial charge >= 0.3 is 0 Å². The first-order chi connectivity index (χ1) is 8.52. The van der Waals surface area contributed by atoms with Crippen molar-refractivity contribution in [2.45, 2.75) is 53.2 Å². The number of aliphatic imine (C=N–C) groups is 1. The summed E-state index contributed by atoms with van der Waals surface area (Å²) in [4.78, 5) is 4.55. The number of thioether (sulfide) groups is 1. The Morgan fingerprint density at radius 2 is 1.42 bits per heavy atom. The molecule has 0 atom stereocenters. The van der Waals surface area contributed by atoms with Gasteiger partial charge in [0.1, 0.15) is 0 Å². The Labute approximate surface area is 127 Å². The standard InChI is InChI=1S/C16H23NS.ClH/c1-10-11(2)13(4)15(14(5)12(10)3)9-18-16-7-6-8-17-16;/h6-9H2,1-5H3;1H. The Morgan fingerprint density at radius 3 is 1.89 bits per heavy atom. The quantitative estimate of drug-likeness (QED) is 0.742. The maximum Gasteiger partial charge on any atom is 0.0679 e. The second-order valence-corrected chi connectivity index (χ2v) is 6.32. The largest absolute Gasteiger partial charge is 0.283 e. The second-order valence-electron chi connectivity index (χ2n) is 5.27. The SMILES string of the molecule is Cc1c(C)c(C)c(CSC2=NCCC2)c(C)c1C.Cl. The number of benzene rings is 1. The molecule has 2 rings (SSSR count). The number of hydrogen-bond acceptors (Lipinski definition) is 2. The minimum absolute atomic E-state index is 0. The van der Waals surface area contributed by atoms with Gasteiger partial charge in [-0.1, -0.05) is 0 Å². The molecule has 0 bridgehead atoms. The molecule has 0 radical (unpaired) electrons. The molecule has 1 aromatic rings. The molecule has 0 unspecified atom stereocenters. The molecule has 0 saturated carbocycles. The van der Waals surface area contributed by atoms with E-state index in [1.807, 2.05) is 11.8 Å². The van der Waals surface area contributed by atoms with Crippen LogP contribution in [0.2, 0.25) is 0 Å². The van der Waals surface area contributed by atoms with E-state index in [1.54, 1.807) is 0 Å². The van der Waals surface area contributed by atoms with Crippen molar-refractivity contribution in [1.82, 2.24) is 0 Å². The summed E-state index contributed by atoms with van der Waals surface area (Å²) in [6, 6.07) is 0. The van der Waals surface area contributed by atoms with Gasteiger partial charge in [-0.15, -0.1) is 24.2 Å². The highest BCUT2D eigenvalue weighted by molar-refractivity contribution is 8.13. The summed E-state index contributed by atoms with van der Waals surface area (Å²) in [6.07, 6.45) is 2.43. The van der Waals surface area contributed by atoms with Crippen LogP contribution in [0.1, 0.15) is 46.2 Å². The zero-order valence-electron chi connectivity index (χ0n) is 12.6. The fourth-order valence-electron chi connectivity index (χ4n) is 2.58. The third-order valence-electron chi connectivity index (χ3n) is 4.38. The first-order valence-corrected chi connectivity index (χ1v) is 7.73. The van der Waals surface area contributed by atoms with E-state index in [4.69, 9.17) is 0 Å². The van der Waals surface area contributed by atoms with Crippen molar-refractivity contribution in [3.8, 4) is 0 Å². The maximum atomic E-state index is 4.55. The number of rotatable bonds is 2. The molecular weight excluding hydrogens is 274 g/mol. The van der Waals surface area contributed by atoms with Crippen LogP contribution in [0, 0.1) is 34.6 Å². The molecule has 3 heteroatoms. The van der Waals surface area contributed by atoms with Crippen LogP contribution in [0.25, 0.3) is 0 Å². The molecule has 1 aliphatic rings. The predicted molar refractivity (Wildman–Crippen MR) is 90.2 cm³/mol. The van der Waals surface area contributed by atoms with Crippen molar-refractivity contribution in [3.63, 3.8) is 0 Å². The molecule has 0 saturated heterocycles. The summed E-state index contributed by atoms with van der Waals surface area (Å²) in [5.74, 6) is 1.08. The summed E-state index contributed by atoms with van der Waals surface area (Å²) < 4.78 is 0.